The summed E-state index contributed by atoms with van der Waals surface area (Å²) in [5, 5.41) is 0. The lowest BCUT2D eigenvalue weighted by molar-refractivity contribution is 0.0988. The van der Waals surface area contributed by atoms with E-state index in [4.69, 9.17) is 4.74 Å². The van der Waals surface area contributed by atoms with Crippen LogP contribution in [0.2, 0.25) is 0 Å². The smallest absolute Gasteiger partial charge is 0.166 e. The van der Waals surface area contributed by atoms with Gasteiger partial charge in [0.15, 0.2) is 5.78 Å². The summed E-state index contributed by atoms with van der Waals surface area (Å²) >= 11 is 0. The fraction of sp³-hybridized carbons (Fsp3) is 0.471. The van der Waals surface area contributed by atoms with Crippen molar-refractivity contribution in [3.63, 3.8) is 0 Å². The summed E-state index contributed by atoms with van der Waals surface area (Å²) in [5.74, 6) is 0.224. The van der Waals surface area contributed by atoms with Gasteiger partial charge < -0.3 is 4.74 Å². The van der Waals surface area contributed by atoms with Crippen molar-refractivity contribution in [3.8, 4) is 0 Å². The van der Waals surface area contributed by atoms with Crippen LogP contribution in [0.15, 0.2) is 41.5 Å². The van der Waals surface area contributed by atoms with E-state index in [2.05, 4.69) is 6.92 Å². The summed E-state index contributed by atoms with van der Waals surface area (Å²) in [7, 11) is 0. The van der Waals surface area contributed by atoms with Crippen LogP contribution in [-0.4, -0.2) is 19.0 Å². The van der Waals surface area contributed by atoms with Gasteiger partial charge in [0.1, 0.15) is 0 Å². The highest BCUT2D eigenvalue weighted by Gasteiger charge is 2.15. The van der Waals surface area contributed by atoms with E-state index in [1.165, 1.54) is 11.1 Å². The van der Waals surface area contributed by atoms with Crippen LogP contribution in [0, 0.1) is 0 Å². The lowest BCUT2D eigenvalue weighted by Crippen LogP contribution is -2.12. The SMILES string of the molecule is CCC/C(CC(=O)c1ccccc1)=C1/CCCOC1. The molecule has 1 aliphatic rings. The van der Waals surface area contributed by atoms with E-state index in [-0.39, 0.29) is 5.78 Å². The summed E-state index contributed by atoms with van der Waals surface area (Å²) in [6.07, 6.45) is 4.83. The molecule has 0 amide bonds. The molecule has 0 atom stereocenters. The molecule has 2 heteroatoms. The fourth-order valence-corrected chi connectivity index (χ4v) is 2.55. The highest BCUT2D eigenvalue weighted by atomic mass is 16.5. The Hall–Kier alpha value is -1.41. The van der Waals surface area contributed by atoms with Crippen molar-refractivity contribution >= 4 is 5.78 Å². The minimum Gasteiger partial charge on any atom is -0.377 e. The first-order valence-electron chi connectivity index (χ1n) is 7.17. The predicted molar refractivity (Wildman–Crippen MR) is 77.4 cm³/mol. The van der Waals surface area contributed by atoms with Gasteiger partial charge in [-0.05, 0) is 24.8 Å². The van der Waals surface area contributed by atoms with Crippen molar-refractivity contribution in [2.24, 2.45) is 0 Å². The van der Waals surface area contributed by atoms with Crippen molar-refractivity contribution in [2.45, 2.75) is 39.0 Å². The standard InChI is InChI=1S/C17H22O2/c1-2-7-15(16-10-6-11-19-13-16)12-17(18)14-8-4-3-5-9-14/h3-5,8-9H,2,6-7,10-13H2,1H3/b16-15+. The first kappa shape index (κ1) is 14.0. The van der Waals surface area contributed by atoms with Gasteiger partial charge in [-0.2, -0.15) is 0 Å². The molecule has 1 heterocycles. The molecule has 1 aliphatic heterocycles. The van der Waals surface area contributed by atoms with Crippen molar-refractivity contribution in [3.05, 3.63) is 47.0 Å². The molecule has 0 unspecified atom stereocenters. The molecule has 19 heavy (non-hydrogen) atoms. The quantitative estimate of drug-likeness (QED) is 0.585. The molecule has 0 aliphatic carbocycles. The van der Waals surface area contributed by atoms with E-state index in [0.29, 0.717) is 6.42 Å². The van der Waals surface area contributed by atoms with Crippen LogP contribution in [0.5, 0.6) is 0 Å². The van der Waals surface area contributed by atoms with Crippen LogP contribution in [0.3, 0.4) is 0 Å². The Bertz CT molecular complexity index is 438. The molecule has 0 spiro atoms. The van der Waals surface area contributed by atoms with Gasteiger partial charge in [0.05, 0.1) is 6.61 Å². The topological polar surface area (TPSA) is 26.3 Å². The molecule has 0 saturated carbocycles. The number of allylic oxidation sites excluding steroid dienone is 1. The molecule has 2 rings (SSSR count). The van der Waals surface area contributed by atoms with Gasteiger partial charge >= 0.3 is 0 Å². The number of rotatable bonds is 5. The maximum atomic E-state index is 12.3. The summed E-state index contributed by atoms with van der Waals surface area (Å²) in [4.78, 5) is 12.3. The van der Waals surface area contributed by atoms with Crippen LogP contribution in [0.4, 0.5) is 0 Å². The Morgan fingerprint density at radius 2 is 2.05 bits per heavy atom. The molecular formula is C17H22O2. The fourth-order valence-electron chi connectivity index (χ4n) is 2.55. The lowest BCUT2D eigenvalue weighted by Gasteiger charge is -2.19. The highest BCUT2D eigenvalue weighted by Crippen LogP contribution is 2.24. The van der Waals surface area contributed by atoms with Crippen LogP contribution in [-0.2, 0) is 4.74 Å². The predicted octanol–water partition coefficient (Wildman–Crippen LogP) is 4.17. The molecule has 1 saturated heterocycles. The zero-order valence-corrected chi connectivity index (χ0v) is 11.7. The average molecular weight is 258 g/mol. The van der Waals surface area contributed by atoms with Gasteiger partial charge in [0, 0.05) is 18.6 Å². The van der Waals surface area contributed by atoms with Crippen LogP contribution in [0.1, 0.15) is 49.4 Å². The Morgan fingerprint density at radius 1 is 1.26 bits per heavy atom. The van der Waals surface area contributed by atoms with E-state index in [9.17, 15) is 4.79 Å². The van der Waals surface area contributed by atoms with Crippen molar-refractivity contribution < 1.29 is 9.53 Å². The molecule has 2 nitrogen and oxygen atoms in total. The summed E-state index contributed by atoms with van der Waals surface area (Å²) in [6, 6.07) is 9.58. The Balaban J connectivity index is 2.10. The molecule has 102 valence electrons. The Labute approximate surface area is 115 Å². The molecule has 1 aromatic carbocycles. The summed E-state index contributed by atoms with van der Waals surface area (Å²) in [5.41, 5.74) is 3.47. The van der Waals surface area contributed by atoms with Gasteiger partial charge in [0.25, 0.3) is 0 Å². The third-order valence-electron chi connectivity index (χ3n) is 3.57. The van der Waals surface area contributed by atoms with Crippen LogP contribution in [0.25, 0.3) is 0 Å². The van der Waals surface area contributed by atoms with Gasteiger partial charge in [-0.1, -0.05) is 49.2 Å². The first-order chi connectivity index (χ1) is 9.31. The largest absolute Gasteiger partial charge is 0.377 e. The number of Topliss-reactive ketones (excluding diaryl/α,β-unsaturated/α-hetero) is 1. The molecule has 1 fully saturated rings. The molecule has 0 aromatic heterocycles. The molecule has 0 N–H and O–H groups in total. The number of carbonyl (C=O) groups excluding carboxylic acids is 1. The Morgan fingerprint density at radius 3 is 2.68 bits per heavy atom. The number of hydrogen-bond donors (Lipinski definition) is 0. The van der Waals surface area contributed by atoms with E-state index < -0.39 is 0 Å². The zero-order valence-electron chi connectivity index (χ0n) is 11.7. The van der Waals surface area contributed by atoms with Crippen molar-refractivity contribution in [1.29, 1.82) is 0 Å². The normalized spacial score (nSPS) is 18.2. The highest BCUT2D eigenvalue weighted by molar-refractivity contribution is 5.97. The van der Waals surface area contributed by atoms with Crippen molar-refractivity contribution in [1.82, 2.24) is 0 Å². The first-order valence-corrected chi connectivity index (χ1v) is 7.17. The number of carbonyl (C=O) groups is 1. The summed E-state index contributed by atoms with van der Waals surface area (Å²) < 4.78 is 5.53. The van der Waals surface area contributed by atoms with E-state index in [1.807, 2.05) is 30.3 Å². The van der Waals surface area contributed by atoms with Crippen LogP contribution >= 0.6 is 0 Å². The van der Waals surface area contributed by atoms with Gasteiger partial charge in [-0.15, -0.1) is 0 Å². The average Bonchev–Trinajstić information content (AvgIpc) is 2.48. The third-order valence-corrected chi connectivity index (χ3v) is 3.57. The van der Waals surface area contributed by atoms with E-state index in [0.717, 1.165) is 44.5 Å². The van der Waals surface area contributed by atoms with Gasteiger partial charge in [0.2, 0.25) is 0 Å². The van der Waals surface area contributed by atoms with E-state index in [1.54, 1.807) is 0 Å². The van der Waals surface area contributed by atoms with Gasteiger partial charge in [-0.25, -0.2) is 0 Å². The molecule has 0 radical (unpaired) electrons. The Kier molecular flexibility index (Phi) is 5.34. The second-order valence-corrected chi connectivity index (χ2v) is 5.08. The van der Waals surface area contributed by atoms with Crippen LogP contribution < -0.4 is 0 Å². The monoisotopic (exact) mass is 258 g/mol. The number of benzene rings is 1. The maximum Gasteiger partial charge on any atom is 0.166 e. The molecular weight excluding hydrogens is 236 g/mol. The number of ether oxygens (including phenoxy) is 1. The number of ketones is 1. The summed E-state index contributed by atoms with van der Waals surface area (Å²) in [6.45, 7) is 3.74. The third kappa shape index (κ3) is 4.03. The lowest BCUT2D eigenvalue weighted by atomic mass is 9.93. The minimum absolute atomic E-state index is 0.224. The molecule has 1 aromatic rings. The minimum atomic E-state index is 0.224. The number of hydrogen-bond acceptors (Lipinski definition) is 2. The zero-order chi connectivity index (χ0) is 13.5. The van der Waals surface area contributed by atoms with Crippen molar-refractivity contribution in [2.75, 3.05) is 13.2 Å². The second-order valence-electron chi connectivity index (χ2n) is 5.08. The maximum absolute atomic E-state index is 12.3. The van der Waals surface area contributed by atoms with E-state index >= 15 is 0 Å². The van der Waals surface area contributed by atoms with Gasteiger partial charge in [-0.3, -0.25) is 4.79 Å². The molecule has 0 bridgehead atoms. The second kappa shape index (κ2) is 7.25.